The maximum Gasteiger partial charge on any atom is 0.220 e. The number of hydrogen-bond acceptors (Lipinski definition) is 9. The number of carbonyl (C=O) groups excluding carboxylic acids is 2. The third kappa shape index (κ3) is 25.2. The molecule has 0 heterocycles. The second kappa shape index (κ2) is 29.9. The normalized spacial score (nSPS) is 11.7. The summed E-state index contributed by atoms with van der Waals surface area (Å²) in [6, 6.07) is 0. The van der Waals surface area contributed by atoms with E-state index in [9.17, 15) is 9.59 Å². The highest BCUT2D eigenvalue weighted by atomic mass is 16.4. The first-order chi connectivity index (χ1) is 19.9. The Morgan fingerprint density at radius 2 is 1.07 bits per heavy atom. The van der Waals surface area contributed by atoms with Crippen molar-refractivity contribution in [1.82, 2.24) is 21.3 Å². The summed E-state index contributed by atoms with van der Waals surface area (Å²) < 4.78 is 0. The summed E-state index contributed by atoms with van der Waals surface area (Å²) in [5.74, 6) is 0.322. The lowest BCUT2D eigenvalue weighted by atomic mass is 9.94. The van der Waals surface area contributed by atoms with E-state index in [-0.39, 0.29) is 11.8 Å². The van der Waals surface area contributed by atoms with Crippen LogP contribution in [0, 0.1) is 11.3 Å². The van der Waals surface area contributed by atoms with E-state index in [1.165, 1.54) is 0 Å². The average molecular weight is 602 g/mol. The molecule has 250 valence electrons. The van der Waals surface area contributed by atoms with Gasteiger partial charge in [0, 0.05) is 25.9 Å². The molecule has 0 bridgehead atoms. The predicted molar refractivity (Wildman–Crippen MR) is 179 cm³/mol. The molecule has 0 spiro atoms. The highest BCUT2D eigenvalue weighted by Crippen LogP contribution is 2.15. The van der Waals surface area contributed by atoms with Gasteiger partial charge < -0.3 is 37.1 Å². The van der Waals surface area contributed by atoms with Gasteiger partial charge in [-0.15, -0.1) is 0 Å². The number of nitrogens with one attached hydrogen (secondary N) is 5. The number of oxime groups is 2. The van der Waals surface area contributed by atoms with Crippen molar-refractivity contribution in [2.45, 2.75) is 139 Å². The molecule has 11 nitrogen and oxygen atoms in total. The van der Waals surface area contributed by atoms with Crippen LogP contribution in [0.4, 0.5) is 0 Å². The Morgan fingerprint density at radius 1 is 0.714 bits per heavy atom. The van der Waals surface area contributed by atoms with Gasteiger partial charge in [0.15, 0.2) is 0 Å². The molecule has 0 atom stereocenters. The van der Waals surface area contributed by atoms with E-state index in [0.717, 1.165) is 45.2 Å². The van der Waals surface area contributed by atoms with E-state index in [1.807, 2.05) is 55.4 Å². The van der Waals surface area contributed by atoms with Crippen LogP contribution in [0.3, 0.4) is 0 Å². The Morgan fingerprint density at radius 3 is 1.43 bits per heavy atom. The smallest absolute Gasteiger partial charge is 0.220 e. The number of amides is 2. The summed E-state index contributed by atoms with van der Waals surface area (Å²) in [6.07, 6.45) is 5.88. The lowest BCUT2D eigenvalue weighted by Gasteiger charge is -2.28. The first-order valence-electron chi connectivity index (χ1n) is 15.7. The number of nitrogens with zero attached hydrogens (tertiary/aromatic N) is 2. The lowest BCUT2D eigenvalue weighted by molar-refractivity contribution is -0.122. The van der Waals surface area contributed by atoms with Gasteiger partial charge in [-0.25, -0.2) is 0 Å². The Balaban J connectivity index is -0.00000112. The van der Waals surface area contributed by atoms with Gasteiger partial charge in [0.25, 0.3) is 0 Å². The Labute approximate surface area is 257 Å². The zero-order valence-corrected chi connectivity index (χ0v) is 28.9. The van der Waals surface area contributed by atoms with Crippen LogP contribution in [-0.2, 0) is 9.59 Å². The van der Waals surface area contributed by atoms with Crippen molar-refractivity contribution in [2.24, 2.45) is 16.2 Å². The van der Waals surface area contributed by atoms with Gasteiger partial charge >= 0.3 is 0 Å². The molecule has 11 heteroatoms. The van der Waals surface area contributed by atoms with E-state index < -0.39 is 11.1 Å². The number of rotatable bonds is 20. The van der Waals surface area contributed by atoms with Crippen molar-refractivity contribution >= 4 is 30.0 Å². The number of hydrogen-bond donors (Lipinski definition) is 7. The lowest BCUT2D eigenvalue weighted by Crippen LogP contribution is -2.47. The molecule has 0 aliphatic heterocycles. The van der Waals surface area contributed by atoms with Crippen molar-refractivity contribution < 1.29 is 20.0 Å². The maximum atomic E-state index is 12.2. The average Bonchev–Trinajstić information content (AvgIpc) is 2.99. The zero-order valence-electron chi connectivity index (χ0n) is 28.9. The molecular formula is C31H67N7O4. The molecule has 0 aliphatic rings. The molecular weight excluding hydrogens is 534 g/mol. The van der Waals surface area contributed by atoms with Gasteiger partial charge in [-0.1, -0.05) is 51.4 Å². The Kier molecular flexibility index (Phi) is 33.1. The van der Waals surface area contributed by atoms with Gasteiger partial charge in [-0.05, 0) is 99.4 Å². The Bertz CT molecular complexity index is 690. The second-order valence-electron chi connectivity index (χ2n) is 10.6. The van der Waals surface area contributed by atoms with E-state index in [1.54, 1.807) is 13.8 Å². The summed E-state index contributed by atoms with van der Waals surface area (Å²) in [5, 5.41) is 43.1. The minimum absolute atomic E-state index is 0.00474. The summed E-state index contributed by atoms with van der Waals surface area (Å²) in [4.78, 5) is 24.0. The standard InChI is InChI=1S/C26H52N6O4.2C2H6.CH3N/c1-8-9-16-27-23(33)11-10-12-24(34)28-17-13-22(14-18-29-25(4,5)20(2)31-35)15-19-30-26(6,7)21(3)32-36;3*1-2/h22,29-30,35-36H,8-19H2,1-7H3,(H,27,33)(H,28,34);2*1-2H3;2H,1H2/b31-20-,32-21-;;;. The number of carbonyl (C=O) groups is 2. The first kappa shape index (κ1) is 46.4. The molecule has 0 aliphatic carbocycles. The molecule has 42 heavy (non-hydrogen) atoms. The third-order valence-electron chi connectivity index (χ3n) is 6.88. The molecule has 2 amide bonds. The fourth-order valence-electron chi connectivity index (χ4n) is 3.52. The van der Waals surface area contributed by atoms with E-state index in [2.05, 4.69) is 45.2 Å². The molecule has 0 aromatic carbocycles. The summed E-state index contributed by atoms with van der Waals surface area (Å²) in [5.41, 5.74) is 0.413. The van der Waals surface area contributed by atoms with Gasteiger partial charge in [0.05, 0.1) is 22.5 Å². The van der Waals surface area contributed by atoms with Crippen molar-refractivity contribution in [3.05, 3.63) is 0 Å². The molecule has 0 saturated heterocycles. The van der Waals surface area contributed by atoms with Gasteiger partial charge in [0.1, 0.15) is 0 Å². The SMILES string of the molecule is C=N.CC.CC.CCCCNC(=O)CCCC(=O)NCCC(CCNC(C)(C)/C(C)=N\O)CCNC(C)(C)/C(C)=N\O. The summed E-state index contributed by atoms with van der Waals surface area (Å²) in [6.45, 7) is 26.8. The summed E-state index contributed by atoms with van der Waals surface area (Å²) in [7, 11) is 0. The van der Waals surface area contributed by atoms with Crippen molar-refractivity contribution in [2.75, 3.05) is 26.2 Å². The minimum Gasteiger partial charge on any atom is -0.411 e. The fourth-order valence-corrected chi connectivity index (χ4v) is 3.52. The summed E-state index contributed by atoms with van der Waals surface area (Å²) >= 11 is 0. The van der Waals surface area contributed by atoms with Crippen LogP contribution >= 0.6 is 0 Å². The van der Waals surface area contributed by atoms with Crippen LogP contribution in [-0.4, -0.2) is 77.6 Å². The van der Waals surface area contributed by atoms with E-state index >= 15 is 0 Å². The molecule has 7 N–H and O–H groups in total. The molecule has 0 unspecified atom stereocenters. The zero-order chi connectivity index (χ0) is 33.6. The molecule has 0 saturated carbocycles. The van der Waals surface area contributed by atoms with Crippen LogP contribution < -0.4 is 21.3 Å². The van der Waals surface area contributed by atoms with Gasteiger partial charge in [0.2, 0.25) is 11.8 Å². The fraction of sp³-hybridized carbons (Fsp3) is 0.839. The van der Waals surface area contributed by atoms with Gasteiger partial charge in [-0.2, -0.15) is 0 Å². The predicted octanol–water partition coefficient (Wildman–Crippen LogP) is 5.73. The van der Waals surface area contributed by atoms with E-state index in [4.69, 9.17) is 15.8 Å². The topological polar surface area (TPSA) is 171 Å². The molecule has 0 radical (unpaired) electrons. The molecule has 0 rings (SSSR count). The van der Waals surface area contributed by atoms with E-state index in [0.29, 0.717) is 49.7 Å². The van der Waals surface area contributed by atoms with Gasteiger partial charge in [-0.3, -0.25) is 9.59 Å². The van der Waals surface area contributed by atoms with Crippen LogP contribution in [0.2, 0.25) is 0 Å². The second-order valence-corrected chi connectivity index (χ2v) is 10.6. The Hall–Kier alpha value is -2.53. The third-order valence-corrected chi connectivity index (χ3v) is 6.88. The highest BCUT2D eigenvalue weighted by molar-refractivity contribution is 5.90. The minimum atomic E-state index is -0.411. The quantitative estimate of drug-likeness (QED) is 0.0406. The number of unbranched alkanes of at least 4 members (excludes halogenated alkanes) is 1. The maximum absolute atomic E-state index is 12.2. The molecule has 0 aromatic rings. The van der Waals surface area contributed by atoms with Crippen LogP contribution in [0.25, 0.3) is 0 Å². The monoisotopic (exact) mass is 602 g/mol. The largest absolute Gasteiger partial charge is 0.411 e. The first-order valence-corrected chi connectivity index (χ1v) is 15.7. The van der Waals surface area contributed by atoms with Crippen molar-refractivity contribution in [1.29, 1.82) is 5.41 Å². The van der Waals surface area contributed by atoms with Crippen LogP contribution in [0.1, 0.15) is 128 Å². The van der Waals surface area contributed by atoms with Crippen molar-refractivity contribution in [3.63, 3.8) is 0 Å². The molecule has 0 fully saturated rings. The molecule has 0 aromatic heterocycles. The van der Waals surface area contributed by atoms with Crippen LogP contribution in [0.15, 0.2) is 10.3 Å². The highest BCUT2D eigenvalue weighted by Gasteiger charge is 2.23. The van der Waals surface area contributed by atoms with Crippen LogP contribution in [0.5, 0.6) is 0 Å². The van der Waals surface area contributed by atoms with Crippen molar-refractivity contribution in [3.8, 4) is 0 Å².